The van der Waals surface area contributed by atoms with Gasteiger partial charge in [0.1, 0.15) is 6.61 Å². The molecule has 0 radical (unpaired) electrons. The molecule has 5 nitrogen and oxygen atoms in total. The van der Waals surface area contributed by atoms with Gasteiger partial charge in [0.15, 0.2) is 0 Å². The lowest BCUT2D eigenvalue weighted by atomic mass is 10.1. The highest BCUT2D eigenvalue weighted by molar-refractivity contribution is 7.89. The minimum absolute atomic E-state index is 0.0133. The average Bonchev–Trinajstić information content (AvgIpc) is 2.55. The summed E-state index contributed by atoms with van der Waals surface area (Å²) < 4.78 is 30.8. The first-order valence-electron chi connectivity index (χ1n) is 7.58. The van der Waals surface area contributed by atoms with Crippen LogP contribution in [0.15, 0.2) is 41.3 Å². The molecule has 0 amide bonds. The van der Waals surface area contributed by atoms with Gasteiger partial charge in [0.05, 0.1) is 15.5 Å². The number of ether oxygens (including phenoxy) is 1. The first kappa shape index (κ1) is 19.4. The third kappa shape index (κ3) is 4.39. The highest BCUT2D eigenvalue weighted by Gasteiger charge is 2.21. The Kier molecular flexibility index (Phi) is 5.87. The fraction of sp³-hybridized carbons (Fsp3) is 0.278. The lowest BCUT2D eigenvalue weighted by molar-refractivity contribution is 0.0472. The van der Waals surface area contributed by atoms with Crippen molar-refractivity contribution in [2.24, 2.45) is 0 Å². The molecule has 0 N–H and O–H groups in total. The highest BCUT2D eigenvalue weighted by atomic mass is 35.5. The normalized spacial score (nSPS) is 11.6. The summed E-state index contributed by atoms with van der Waals surface area (Å²) in [6.45, 7) is 3.98. The Hall–Kier alpha value is -1.89. The summed E-state index contributed by atoms with van der Waals surface area (Å²) in [5.74, 6) is -0.665. The van der Waals surface area contributed by atoms with Crippen LogP contribution in [0.5, 0.6) is 0 Å². The fourth-order valence-electron chi connectivity index (χ4n) is 2.21. The summed E-state index contributed by atoms with van der Waals surface area (Å²) in [5, 5.41) is 0.142. The van der Waals surface area contributed by atoms with Crippen LogP contribution in [0.4, 0.5) is 0 Å². The van der Waals surface area contributed by atoms with Crippen LogP contribution in [-0.2, 0) is 21.4 Å². The molecule has 0 saturated carbocycles. The second-order valence-electron chi connectivity index (χ2n) is 5.94. The molecule has 0 bridgehead atoms. The zero-order chi connectivity index (χ0) is 18.8. The predicted octanol–water partition coefficient (Wildman–Crippen LogP) is 3.56. The van der Waals surface area contributed by atoms with Gasteiger partial charge in [0.25, 0.3) is 0 Å². The van der Waals surface area contributed by atoms with Crippen molar-refractivity contribution >= 4 is 27.6 Å². The minimum atomic E-state index is -3.66. The first-order chi connectivity index (χ1) is 11.6. The quantitative estimate of drug-likeness (QED) is 0.743. The van der Waals surface area contributed by atoms with Gasteiger partial charge >= 0.3 is 5.97 Å². The van der Waals surface area contributed by atoms with Gasteiger partial charge in [-0.15, -0.1) is 0 Å². The molecule has 134 valence electrons. The van der Waals surface area contributed by atoms with Crippen LogP contribution in [-0.4, -0.2) is 32.8 Å². The number of hydrogen-bond acceptors (Lipinski definition) is 4. The molecule has 0 unspecified atom stereocenters. The van der Waals surface area contributed by atoms with E-state index in [0.717, 1.165) is 21.0 Å². The standard InChI is InChI=1S/C18H20ClNO4S/c1-12-5-6-13(2)14(9-12)11-24-18(21)16-10-15(7-8-17(16)19)25(22,23)20(3)4/h5-10H,11H2,1-4H3. The van der Waals surface area contributed by atoms with Gasteiger partial charge in [-0.3, -0.25) is 0 Å². The van der Waals surface area contributed by atoms with E-state index in [1.807, 2.05) is 32.0 Å². The minimum Gasteiger partial charge on any atom is -0.457 e. The van der Waals surface area contributed by atoms with E-state index in [4.69, 9.17) is 16.3 Å². The molecule has 0 atom stereocenters. The number of carbonyl (C=O) groups is 1. The first-order valence-corrected chi connectivity index (χ1v) is 9.40. The summed E-state index contributed by atoms with van der Waals surface area (Å²) in [6, 6.07) is 9.86. The van der Waals surface area contributed by atoms with Crippen LogP contribution >= 0.6 is 11.6 Å². The van der Waals surface area contributed by atoms with E-state index in [0.29, 0.717) is 0 Å². The van der Waals surface area contributed by atoms with Gasteiger partial charge < -0.3 is 4.74 Å². The Morgan fingerprint density at radius 2 is 1.80 bits per heavy atom. The van der Waals surface area contributed by atoms with Crippen molar-refractivity contribution in [2.75, 3.05) is 14.1 Å². The number of aryl methyl sites for hydroxylation is 2. The van der Waals surface area contributed by atoms with Crippen LogP contribution in [0.3, 0.4) is 0 Å². The highest BCUT2D eigenvalue weighted by Crippen LogP contribution is 2.23. The largest absolute Gasteiger partial charge is 0.457 e. The molecule has 2 aromatic rings. The number of carbonyl (C=O) groups excluding carboxylic acids is 1. The summed E-state index contributed by atoms with van der Waals surface area (Å²) in [6.07, 6.45) is 0. The van der Waals surface area contributed by atoms with E-state index < -0.39 is 16.0 Å². The van der Waals surface area contributed by atoms with E-state index in [1.54, 1.807) is 0 Å². The summed E-state index contributed by atoms with van der Waals surface area (Å²) in [5.41, 5.74) is 2.98. The molecule has 0 fully saturated rings. The van der Waals surface area contributed by atoms with Crippen LogP contribution in [0.2, 0.25) is 5.02 Å². The number of halogens is 1. The lowest BCUT2D eigenvalue weighted by Crippen LogP contribution is -2.22. The molecule has 0 aliphatic rings. The number of esters is 1. The van der Waals surface area contributed by atoms with Crippen molar-refractivity contribution in [1.29, 1.82) is 0 Å². The number of benzene rings is 2. The number of hydrogen-bond donors (Lipinski definition) is 0. The van der Waals surface area contributed by atoms with Gasteiger partial charge in [-0.05, 0) is 43.2 Å². The van der Waals surface area contributed by atoms with Gasteiger partial charge in [0, 0.05) is 14.1 Å². The van der Waals surface area contributed by atoms with Crippen LogP contribution in [0.25, 0.3) is 0 Å². The van der Waals surface area contributed by atoms with E-state index in [-0.39, 0.29) is 22.1 Å². The third-order valence-electron chi connectivity index (χ3n) is 3.80. The summed E-state index contributed by atoms with van der Waals surface area (Å²) in [7, 11) is -0.824. The van der Waals surface area contributed by atoms with E-state index in [9.17, 15) is 13.2 Å². The monoisotopic (exact) mass is 381 g/mol. The zero-order valence-electron chi connectivity index (χ0n) is 14.5. The Labute approximate surface area is 153 Å². The molecular weight excluding hydrogens is 362 g/mol. The molecule has 2 rings (SSSR count). The Balaban J connectivity index is 2.26. The second-order valence-corrected chi connectivity index (χ2v) is 8.49. The van der Waals surface area contributed by atoms with Crippen LogP contribution in [0.1, 0.15) is 27.0 Å². The maximum Gasteiger partial charge on any atom is 0.340 e. The molecule has 0 aliphatic carbocycles. The molecule has 0 aliphatic heterocycles. The van der Waals surface area contributed by atoms with Crippen LogP contribution in [0, 0.1) is 13.8 Å². The molecule has 7 heteroatoms. The molecular formula is C18H20ClNO4S. The smallest absolute Gasteiger partial charge is 0.340 e. The fourth-order valence-corrected chi connectivity index (χ4v) is 3.33. The molecule has 0 aromatic heterocycles. The maximum absolute atomic E-state index is 12.4. The molecule has 0 saturated heterocycles. The predicted molar refractivity (Wildman–Crippen MR) is 97.4 cm³/mol. The van der Waals surface area contributed by atoms with Crippen molar-refractivity contribution in [3.05, 3.63) is 63.7 Å². The number of nitrogens with zero attached hydrogens (tertiary/aromatic N) is 1. The van der Waals surface area contributed by atoms with E-state index in [1.165, 1.54) is 32.3 Å². The maximum atomic E-state index is 12.4. The van der Waals surface area contributed by atoms with Crippen molar-refractivity contribution in [3.8, 4) is 0 Å². The van der Waals surface area contributed by atoms with Gasteiger partial charge in [0.2, 0.25) is 10.0 Å². The SMILES string of the molecule is Cc1ccc(C)c(COC(=O)c2cc(S(=O)(=O)N(C)C)ccc2Cl)c1. The summed E-state index contributed by atoms with van der Waals surface area (Å²) >= 11 is 6.05. The number of rotatable bonds is 5. The van der Waals surface area contributed by atoms with Crippen molar-refractivity contribution in [3.63, 3.8) is 0 Å². The second kappa shape index (κ2) is 7.56. The van der Waals surface area contributed by atoms with Gasteiger partial charge in [-0.1, -0.05) is 35.4 Å². The number of sulfonamides is 1. The molecule has 0 heterocycles. The third-order valence-corrected chi connectivity index (χ3v) is 5.94. The van der Waals surface area contributed by atoms with Gasteiger partial charge in [-0.25, -0.2) is 17.5 Å². The van der Waals surface area contributed by atoms with E-state index in [2.05, 4.69) is 0 Å². The Morgan fingerprint density at radius 1 is 1.12 bits per heavy atom. The molecule has 2 aromatic carbocycles. The molecule has 25 heavy (non-hydrogen) atoms. The topological polar surface area (TPSA) is 63.7 Å². The van der Waals surface area contributed by atoms with Crippen molar-refractivity contribution in [2.45, 2.75) is 25.3 Å². The van der Waals surface area contributed by atoms with Crippen molar-refractivity contribution in [1.82, 2.24) is 4.31 Å². The average molecular weight is 382 g/mol. The van der Waals surface area contributed by atoms with Crippen molar-refractivity contribution < 1.29 is 17.9 Å². The Bertz CT molecular complexity index is 907. The Morgan fingerprint density at radius 3 is 2.44 bits per heavy atom. The zero-order valence-corrected chi connectivity index (χ0v) is 16.1. The molecule has 0 spiro atoms. The van der Waals surface area contributed by atoms with E-state index >= 15 is 0 Å². The lowest BCUT2D eigenvalue weighted by Gasteiger charge is -2.13. The van der Waals surface area contributed by atoms with Crippen LogP contribution < -0.4 is 0 Å². The van der Waals surface area contributed by atoms with Gasteiger partial charge in [-0.2, -0.15) is 0 Å². The summed E-state index contributed by atoms with van der Waals surface area (Å²) in [4.78, 5) is 12.4.